The maximum atomic E-state index is 11.3. The standard InChI is InChI=1S/C13H22N2O3S/c1-10-5-6-12(13(9-10)18-4)11(2)15-7-8-19(16,17)14-3/h5-6,9,11,14-15H,7-8H2,1-4H3. The van der Waals surface area contributed by atoms with Gasteiger partial charge in [-0.1, -0.05) is 12.1 Å². The summed E-state index contributed by atoms with van der Waals surface area (Å²) in [5.41, 5.74) is 2.15. The Balaban J connectivity index is 2.66. The zero-order chi connectivity index (χ0) is 14.5. The second kappa shape index (κ2) is 6.88. The Morgan fingerprint density at radius 1 is 1.37 bits per heavy atom. The van der Waals surface area contributed by atoms with Crippen molar-refractivity contribution in [1.29, 1.82) is 0 Å². The number of nitrogens with one attached hydrogen (secondary N) is 2. The molecule has 0 aliphatic carbocycles. The van der Waals surface area contributed by atoms with Gasteiger partial charge < -0.3 is 10.1 Å². The molecule has 0 aliphatic rings. The molecule has 0 radical (unpaired) electrons. The van der Waals surface area contributed by atoms with Gasteiger partial charge in [-0.05, 0) is 32.5 Å². The minimum atomic E-state index is -3.16. The zero-order valence-electron chi connectivity index (χ0n) is 11.9. The number of sulfonamides is 1. The van der Waals surface area contributed by atoms with Crippen LogP contribution in [0.2, 0.25) is 0 Å². The first-order valence-electron chi connectivity index (χ1n) is 6.18. The van der Waals surface area contributed by atoms with Crippen LogP contribution in [0.4, 0.5) is 0 Å². The Kier molecular flexibility index (Phi) is 5.78. The number of aryl methyl sites for hydroxylation is 1. The zero-order valence-corrected chi connectivity index (χ0v) is 12.7. The lowest BCUT2D eigenvalue weighted by Gasteiger charge is -2.17. The Hall–Kier alpha value is -1.11. The Bertz CT molecular complexity index is 515. The molecule has 19 heavy (non-hydrogen) atoms. The molecule has 0 saturated heterocycles. The van der Waals surface area contributed by atoms with Crippen molar-refractivity contribution in [2.24, 2.45) is 0 Å². The minimum absolute atomic E-state index is 0.0302. The van der Waals surface area contributed by atoms with E-state index in [0.717, 1.165) is 16.9 Å². The van der Waals surface area contributed by atoms with E-state index in [-0.39, 0.29) is 11.8 Å². The van der Waals surface area contributed by atoms with Crippen LogP contribution >= 0.6 is 0 Å². The molecule has 1 atom stereocenters. The summed E-state index contributed by atoms with van der Waals surface area (Å²) in [5, 5.41) is 3.18. The monoisotopic (exact) mass is 286 g/mol. The number of ether oxygens (including phenoxy) is 1. The van der Waals surface area contributed by atoms with Crippen LogP contribution in [0.5, 0.6) is 5.75 Å². The van der Waals surface area contributed by atoms with E-state index < -0.39 is 10.0 Å². The van der Waals surface area contributed by atoms with Crippen molar-refractivity contribution in [3.05, 3.63) is 29.3 Å². The lowest BCUT2D eigenvalue weighted by molar-refractivity contribution is 0.402. The van der Waals surface area contributed by atoms with Crippen molar-refractivity contribution in [2.45, 2.75) is 19.9 Å². The van der Waals surface area contributed by atoms with E-state index >= 15 is 0 Å². The molecule has 0 bridgehead atoms. The molecule has 6 heteroatoms. The summed E-state index contributed by atoms with van der Waals surface area (Å²) in [6.45, 7) is 4.38. The van der Waals surface area contributed by atoms with Crippen LogP contribution in [0.15, 0.2) is 18.2 Å². The van der Waals surface area contributed by atoms with Crippen molar-refractivity contribution in [1.82, 2.24) is 10.0 Å². The summed E-state index contributed by atoms with van der Waals surface area (Å²) in [7, 11) is -0.110. The second-order valence-corrected chi connectivity index (χ2v) is 6.49. The van der Waals surface area contributed by atoms with Gasteiger partial charge in [0.05, 0.1) is 12.9 Å². The molecule has 0 fully saturated rings. The highest BCUT2D eigenvalue weighted by Crippen LogP contribution is 2.25. The fraction of sp³-hybridized carbons (Fsp3) is 0.538. The number of hydrogen-bond acceptors (Lipinski definition) is 4. The van der Waals surface area contributed by atoms with Crippen molar-refractivity contribution < 1.29 is 13.2 Å². The van der Waals surface area contributed by atoms with Crippen molar-refractivity contribution in [2.75, 3.05) is 26.5 Å². The van der Waals surface area contributed by atoms with Crippen LogP contribution in [-0.2, 0) is 10.0 Å². The lowest BCUT2D eigenvalue weighted by atomic mass is 10.1. The highest BCUT2D eigenvalue weighted by molar-refractivity contribution is 7.89. The van der Waals surface area contributed by atoms with Gasteiger partial charge in [0.15, 0.2) is 0 Å². The molecule has 1 rings (SSSR count). The molecule has 0 amide bonds. The normalized spacial score (nSPS) is 13.3. The summed E-state index contributed by atoms with van der Waals surface area (Å²) >= 11 is 0. The van der Waals surface area contributed by atoms with E-state index in [1.807, 2.05) is 32.0 Å². The molecular weight excluding hydrogens is 264 g/mol. The summed E-state index contributed by atoms with van der Waals surface area (Å²) < 4.78 is 30.3. The quantitative estimate of drug-likeness (QED) is 0.790. The third kappa shape index (κ3) is 4.81. The smallest absolute Gasteiger partial charge is 0.212 e. The highest BCUT2D eigenvalue weighted by atomic mass is 32.2. The maximum Gasteiger partial charge on any atom is 0.212 e. The van der Waals surface area contributed by atoms with Gasteiger partial charge in [-0.3, -0.25) is 0 Å². The summed E-state index contributed by atoms with van der Waals surface area (Å²) in [4.78, 5) is 0. The van der Waals surface area contributed by atoms with Crippen molar-refractivity contribution in [3.63, 3.8) is 0 Å². The molecule has 0 aromatic heterocycles. The first-order valence-corrected chi connectivity index (χ1v) is 7.84. The van der Waals surface area contributed by atoms with Gasteiger partial charge >= 0.3 is 0 Å². The molecule has 0 heterocycles. The number of rotatable bonds is 7. The molecule has 108 valence electrons. The molecule has 5 nitrogen and oxygen atoms in total. The number of hydrogen-bond donors (Lipinski definition) is 2. The molecule has 1 aromatic carbocycles. The maximum absolute atomic E-state index is 11.3. The van der Waals surface area contributed by atoms with Crippen LogP contribution in [0.25, 0.3) is 0 Å². The summed E-state index contributed by atoms with van der Waals surface area (Å²) in [5.74, 6) is 0.874. The fourth-order valence-corrected chi connectivity index (χ4v) is 2.39. The SMILES string of the molecule is CNS(=O)(=O)CCNC(C)c1ccc(C)cc1OC. The van der Waals surface area contributed by atoms with E-state index in [9.17, 15) is 8.42 Å². The predicted molar refractivity (Wildman–Crippen MR) is 77.0 cm³/mol. The first-order chi connectivity index (χ1) is 8.89. The van der Waals surface area contributed by atoms with Crippen LogP contribution in [0.1, 0.15) is 24.1 Å². The largest absolute Gasteiger partial charge is 0.496 e. The van der Waals surface area contributed by atoms with Crippen LogP contribution in [-0.4, -0.2) is 34.9 Å². The first kappa shape index (κ1) is 15.9. The van der Waals surface area contributed by atoms with Crippen LogP contribution in [0, 0.1) is 6.92 Å². The van der Waals surface area contributed by atoms with E-state index in [1.54, 1.807) is 7.11 Å². The van der Waals surface area contributed by atoms with Gasteiger partial charge in [0.1, 0.15) is 5.75 Å². The average Bonchev–Trinajstić information content (AvgIpc) is 2.38. The Labute approximate surface area is 115 Å². The average molecular weight is 286 g/mol. The van der Waals surface area contributed by atoms with Crippen LogP contribution < -0.4 is 14.8 Å². The predicted octanol–water partition coefficient (Wildman–Crippen LogP) is 1.20. The Morgan fingerprint density at radius 3 is 2.63 bits per heavy atom. The van der Waals surface area contributed by atoms with Crippen LogP contribution in [0.3, 0.4) is 0 Å². The molecule has 2 N–H and O–H groups in total. The van der Waals surface area contributed by atoms with Crippen molar-refractivity contribution >= 4 is 10.0 Å². The van der Waals surface area contributed by atoms with Gasteiger partial charge in [-0.15, -0.1) is 0 Å². The topological polar surface area (TPSA) is 67.4 Å². The van der Waals surface area contributed by atoms with Gasteiger partial charge in [-0.25, -0.2) is 13.1 Å². The molecular formula is C13H22N2O3S. The highest BCUT2D eigenvalue weighted by Gasteiger charge is 2.12. The second-order valence-electron chi connectivity index (χ2n) is 4.44. The van der Waals surface area contributed by atoms with Crippen molar-refractivity contribution in [3.8, 4) is 5.75 Å². The summed E-state index contributed by atoms with van der Waals surface area (Å²) in [6, 6.07) is 6.01. The Morgan fingerprint density at radius 2 is 2.05 bits per heavy atom. The third-order valence-corrected chi connectivity index (χ3v) is 4.35. The summed E-state index contributed by atoms with van der Waals surface area (Å²) in [6.07, 6.45) is 0. The van der Waals surface area contributed by atoms with E-state index in [4.69, 9.17) is 4.74 Å². The molecule has 0 spiro atoms. The van der Waals surface area contributed by atoms with Gasteiger partial charge in [0.2, 0.25) is 10.0 Å². The third-order valence-electron chi connectivity index (χ3n) is 2.99. The van der Waals surface area contributed by atoms with E-state index in [1.165, 1.54) is 7.05 Å². The fourth-order valence-electron chi connectivity index (χ4n) is 1.80. The number of methoxy groups -OCH3 is 1. The minimum Gasteiger partial charge on any atom is -0.496 e. The van der Waals surface area contributed by atoms with Gasteiger partial charge in [0, 0.05) is 18.2 Å². The van der Waals surface area contributed by atoms with E-state index in [0.29, 0.717) is 6.54 Å². The van der Waals surface area contributed by atoms with Gasteiger partial charge in [0.25, 0.3) is 0 Å². The van der Waals surface area contributed by atoms with E-state index in [2.05, 4.69) is 10.0 Å². The molecule has 1 unspecified atom stereocenters. The van der Waals surface area contributed by atoms with Gasteiger partial charge in [-0.2, -0.15) is 0 Å². The number of benzene rings is 1. The molecule has 1 aromatic rings. The molecule has 0 saturated carbocycles. The molecule has 0 aliphatic heterocycles. The lowest BCUT2D eigenvalue weighted by Crippen LogP contribution is -2.31.